The summed E-state index contributed by atoms with van der Waals surface area (Å²) in [6.45, 7) is 5.92. The molecule has 1 amide bonds. The van der Waals surface area contributed by atoms with Crippen LogP contribution in [0.15, 0.2) is 89.7 Å². The molecule has 1 unspecified atom stereocenters. The summed E-state index contributed by atoms with van der Waals surface area (Å²) in [4.78, 5) is 32.8. The molecule has 9 rings (SSSR count). The summed E-state index contributed by atoms with van der Waals surface area (Å²) in [5.74, 6) is 0.717. The van der Waals surface area contributed by atoms with Gasteiger partial charge in [0.25, 0.3) is 5.91 Å². The van der Waals surface area contributed by atoms with Gasteiger partial charge in [0.05, 0.1) is 30.6 Å². The fourth-order valence-electron chi connectivity index (χ4n) is 9.83. The van der Waals surface area contributed by atoms with Gasteiger partial charge < -0.3 is 28.6 Å². The third-order valence-corrected chi connectivity index (χ3v) is 15.3. The molecule has 3 fully saturated rings. The highest BCUT2D eigenvalue weighted by Gasteiger charge is 2.40. The molecular weight excluding hydrogens is 908 g/mol. The highest BCUT2D eigenvalue weighted by molar-refractivity contribution is 7.90. The van der Waals surface area contributed by atoms with E-state index in [0.29, 0.717) is 42.2 Å². The Bertz CT molecular complexity index is 2490. The lowest BCUT2D eigenvalue weighted by Crippen LogP contribution is -2.49. The van der Waals surface area contributed by atoms with Crippen molar-refractivity contribution >= 4 is 62.8 Å². The van der Waals surface area contributed by atoms with E-state index in [1.807, 2.05) is 41.3 Å². The number of H-pyrrole nitrogens is 1. The number of nitrogens with one attached hydrogen (secondary N) is 2. The lowest BCUT2D eigenvalue weighted by molar-refractivity contribution is 0.0452. The van der Waals surface area contributed by atoms with Gasteiger partial charge in [0.1, 0.15) is 46.9 Å². The molecule has 3 aliphatic heterocycles. The molecule has 2 aromatic carbocycles. The first-order valence-electron chi connectivity index (χ1n) is 22.8. The first kappa shape index (κ1) is 46.6. The molecule has 3 saturated heterocycles. The van der Waals surface area contributed by atoms with E-state index in [0.717, 1.165) is 102 Å². The van der Waals surface area contributed by atoms with E-state index in [9.17, 15) is 18.1 Å². The fraction of sp³-hybridized carbons (Fsp3) is 0.449. The van der Waals surface area contributed by atoms with Crippen molar-refractivity contribution in [2.24, 2.45) is 11.3 Å². The normalized spacial score (nSPS) is 19.2. The Morgan fingerprint density at radius 2 is 1.73 bits per heavy atom. The maximum absolute atomic E-state index is 13.9. The average Bonchev–Trinajstić information content (AvgIpc) is 3.81. The van der Waals surface area contributed by atoms with Gasteiger partial charge in [-0.3, -0.25) is 14.6 Å². The maximum Gasteiger partial charge on any atom is 0.296 e. The number of aromatic nitrogens is 3. The second-order valence-electron chi connectivity index (χ2n) is 17.9. The highest BCUT2D eigenvalue weighted by atomic mass is 35.5. The minimum absolute atomic E-state index is 0.118. The summed E-state index contributed by atoms with van der Waals surface area (Å²) in [5, 5.41) is 1.76. The lowest BCUT2D eigenvalue weighted by Gasteiger charge is -2.47. The number of rotatable bonds is 15. The van der Waals surface area contributed by atoms with E-state index < -0.39 is 36.7 Å². The van der Waals surface area contributed by atoms with Gasteiger partial charge >= 0.3 is 0 Å². The number of pyridine rings is 2. The van der Waals surface area contributed by atoms with Crippen molar-refractivity contribution < 1.29 is 32.3 Å². The maximum atomic E-state index is 13.9. The molecule has 1 aliphatic carbocycles. The number of halogens is 4. The van der Waals surface area contributed by atoms with Gasteiger partial charge in [-0.2, -0.15) is 4.72 Å². The largest absolute Gasteiger partial charge is 0.588 e. The predicted octanol–water partition coefficient (Wildman–Crippen LogP) is 9.46. The van der Waals surface area contributed by atoms with Crippen molar-refractivity contribution in [1.82, 2.24) is 29.5 Å². The zero-order chi connectivity index (χ0) is 45.6. The van der Waals surface area contributed by atoms with Gasteiger partial charge in [-0.1, -0.05) is 40.9 Å². The van der Waals surface area contributed by atoms with E-state index in [2.05, 4.69) is 41.6 Å². The Kier molecular flexibility index (Phi) is 15.0. The van der Waals surface area contributed by atoms with Gasteiger partial charge in [-0.05, 0) is 117 Å². The van der Waals surface area contributed by atoms with Crippen LogP contribution in [0.2, 0.25) is 10.0 Å². The summed E-state index contributed by atoms with van der Waals surface area (Å²) in [5.41, 5.74) is 5.91. The minimum Gasteiger partial charge on any atom is -0.588 e. The second kappa shape index (κ2) is 21.2. The Balaban J connectivity index is 0.892. The summed E-state index contributed by atoms with van der Waals surface area (Å²) in [6.07, 6.45) is 11.4. The van der Waals surface area contributed by atoms with Crippen LogP contribution in [0.4, 0.5) is 14.5 Å². The number of anilines is 1. The SMILES string of the molecule is O=C(N[S+]([O-])c1cnc(OCC2CCOCC2)c(Cl)c1)c1ccc(N2CCN(CC3=C(c4ccc(Cl)cc4)CCC4(CCN(C(CF)CF)CC4)C3)CC2)cc1Oc1cnc2[nH]ccc2c1. The van der Waals surface area contributed by atoms with Crippen LogP contribution in [-0.2, 0) is 16.1 Å². The highest BCUT2D eigenvalue weighted by Crippen LogP contribution is 2.49. The predicted molar refractivity (Wildman–Crippen MR) is 255 cm³/mol. The first-order chi connectivity index (χ1) is 32.2. The molecule has 12 nitrogen and oxygen atoms in total. The number of hydrogen-bond acceptors (Lipinski definition) is 10. The van der Waals surface area contributed by atoms with Gasteiger partial charge in [-0.25, -0.2) is 18.7 Å². The lowest BCUT2D eigenvalue weighted by atomic mass is 9.65. The number of likely N-dealkylation sites (tertiary alicyclic amines) is 1. The molecule has 66 heavy (non-hydrogen) atoms. The number of ether oxygens (including phenoxy) is 3. The number of carbonyl (C=O) groups is 1. The van der Waals surface area contributed by atoms with Crippen molar-refractivity contribution in [3.05, 3.63) is 106 Å². The van der Waals surface area contributed by atoms with E-state index in [4.69, 9.17) is 37.4 Å². The van der Waals surface area contributed by atoms with Crippen molar-refractivity contribution in [3.8, 4) is 17.4 Å². The third-order valence-electron chi connectivity index (χ3n) is 13.8. The number of aromatic amines is 1. The number of allylic oxidation sites excluding steroid dienone is 1. The van der Waals surface area contributed by atoms with Crippen LogP contribution in [0.5, 0.6) is 17.4 Å². The Hall–Kier alpha value is -4.48. The molecule has 5 aromatic rings. The molecule has 0 saturated carbocycles. The quantitative estimate of drug-likeness (QED) is 0.0979. The minimum atomic E-state index is -2.00. The van der Waals surface area contributed by atoms with Crippen LogP contribution in [-0.4, -0.2) is 120 Å². The van der Waals surface area contributed by atoms with E-state index in [1.165, 1.54) is 29.0 Å². The van der Waals surface area contributed by atoms with Crippen LogP contribution >= 0.6 is 23.2 Å². The average molecular weight is 963 g/mol. The smallest absolute Gasteiger partial charge is 0.296 e. The number of piperazine rings is 1. The number of nitrogens with zero attached hydrogens (tertiary/aromatic N) is 5. The van der Waals surface area contributed by atoms with Crippen molar-refractivity contribution in [2.45, 2.75) is 55.9 Å². The molecule has 6 heterocycles. The molecule has 4 aliphatic rings. The molecule has 0 bridgehead atoms. The zero-order valence-electron chi connectivity index (χ0n) is 36.8. The number of piperidine rings is 1. The molecule has 0 radical (unpaired) electrons. The van der Waals surface area contributed by atoms with Crippen LogP contribution in [0.1, 0.15) is 60.9 Å². The molecular formula is C49H55Cl2F2N7O5S. The van der Waals surface area contributed by atoms with Crippen molar-refractivity contribution in [3.63, 3.8) is 0 Å². The molecule has 2 N–H and O–H groups in total. The summed E-state index contributed by atoms with van der Waals surface area (Å²) >= 11 is 10.8. The van der Waals surface area contributed by atoms with Crippen LogP contribution in [0.3, 0.4) is 0 Å². The summed E-state index contributed by atoms with van der Waals surface area (Å²) in [6, 6.07) is 18.2. The number of fused-ring (bicyclic) bond motifs is 1. The van der Waals surface area contributed by atoms with Gasteiger partial charge in [-0.15, -0.1) is 0 Å². The monoisotopic (exact) mass is 961 g/mol. The van der Waals surface area contributed by atoms with Gasteiger partial charge in [0, 0.05) is 80.4 Å². The first-order valence-corrected chi connectivity index (χ1v) is 24.7. The fourth-order valence-corrected chi connectivity index (χ4v) is 11.0. The number of hydrogen-bond donors (Lipinski definition) is 2. The second-order valence-corrected chi connectivity index (χ2v) is 20.0. The number of benzene rings is 2. The summed E-state index contributed by atoms with van der Waals surface area (Å²) in [7, 11) is 0. The van der Waals surface area contributed by atoms with Crippen molar-refractivity contribution in [2.75, 3.05) is 83.9 Å². The van der Waals surface area contributed by atoms with Crippen LogP contribution < -0.4 is 19.1 Å². The molecule has 3 aromatic heterocycles. The Labute approximate surface area is 397 Å². The molecule has 17 heteroatoms. The van der Waals surface area contributed by atoms with Gasteiger partial charge in [0.2, 0.25) is 5.88 Å². The van der Waals surface area contributed by atoms with E-state index in [1.54, 1.807) is 18.5 Å². The number of amides is 1. The molecule has 1 atom stereocenters. The molecule has 350 valence electrons. The van der Waals surface area contributed by atoms with E-state index >= 15 is 0 Å². The van der Waals surface area contributed by atoms with Crippen LogP contribution in [0.25, 0.3) is 16.6 Å². The Morgan fingerprint density at radius 3 is 2.47 bits per heavy atom. The van der Waals surface area contributed by atoms with Crippen LogP contribution in [0, 0.1) is 11.3 Å². The number of alkyl halides is 2. The zero-order valence-corrected chi connectivity index (χ0v) is 39.1. The third kappa shape index (κ3) is 10.9. The molecule has 1 spiro atoms. The standard InChI is InChI=1S/C49H55Cl2F2N7O5S/c50-37-3-1-34(2-4-37)42-7-11-49(12-15-59(16-13-49)39(27-52)28-53)26-36(42)31-58-17-19-60(20-18-58)38-5-6-43(45(24-38)65-40-23-35-8-14-54-46(35)55-29-40)47(61)57-66(62)41-25-44(51)48(56-30-41)64-32-33-9-21-63-22-10-33/h1-6,8,14,23-25,29-30,33,39H,7,9-13,15-22,26-28,31-32H2,(H,54,55)(H,57,61). The summed E-state index contributed by atoms with van der Waals surface area (Å²) < 4.78 is 61.1. The van der Waals surface area contributed by atoms with Crippen molar-refractivity contribution in [1.29, 1.82) is 0 Å². The Morgan fingerprint density at radius 1 is 0.955 bits per heavy atom. The number of carbonyl (C=O) groups excluding carboxylic acids is 1. The van der Waals surface area contributed by atoms with Gasteiger partial charge in [0.15, 0.2) is 4.90 Å². The van der Waals surface area contributed by atoms with E-state index in [-0.39, 0.29) is 32.5 Å². The topological polar surface area (TPSA) is 131 Å².